The van der Waals surface area contributed by atoms with Gasteiger partial charge in [0.1, 0.15) is 6.54 Å². The van der Waals surface area contributed by atoms with Gasteiger partial charge in [0.2, 0.25) is 5.91 Å². The van der Waals surface area contributed by atoms with Crippen molar-refractivity contribution in [3.63, 3.8) is 0 Å². The van der Waals surface area contributed by atoms with Gasteiger partial charge in [-0.2, -0.15) is 0 Å². The zero-order chi connectivity index (χ0) is 16.2. The summed E-state index contributed by atoms with van der Waals surface area (Å²) in [5.74, 6) is -0.0537. The number of carbonyl (C=O) groups is 1. The fourth-order valence-corrected chi connectivity index (χ4v) is 2.92. The van der Waals surface area contributed by atoms with Crippen LogP contribution in [0.2, 0.25) is 0 Å². The predicted molar refractivity (Wildman–Crippen MR) is 86.9 cm³/mol. The van der Waals surface area contributed by atoms with Crippen molar-refractivity contribution in [3.8, 4) is 0 Å². The highest BCUT2D eigenvalue weighted by Gasteiger charge is 2.30. The quantitative estimate of drug-likeness (QED) is 0.839. The highest BCUT2D eigenvalue weighted by atomic mass is 16.2. The van der Waals surface area contributed by atoms with Crippen molar-refractivity contribution in [2.24, 2.45) is 0 Å². The molecule has 0 saturated carbocycles. The van der Waals surface area contributed by atoms with Gasteiger partial charge in [-0.3, -0.25) is 9.36 Å². The summed E-state index contributed by atoms with van der Waals surface area (Å²) in [6.07, 6.45) is 3.03. The molecule has 0 bridgehead atoms. The van der Waals surface area contributed by atoms with Crippen LogP contribution >= 0.6 is 0 Å². The molecule has 0 aliphatic carbocycles. The third-order valence-electron chi connectivity index (χ3n) is 4.18. The van der Waals surface area contributed by atoms with Crippen molar-refractivity contribution in [1.29, 1.82) is 0 Å². The zero-order valence-corrected chi connectivity index (χ0v) is 13.1. The summed E-state index contributed by atoms with van der Waals surface area (Å²) in [7, 11) is 2.06. The lowest BCUT2D eigenvalue weighted by Gasteiger charge is -2.40. The average Bonchev–Trinajstić information content (AvgIpc) is 2.57. The first-order valence-electron chi connectivity index (χ1n) is 7.69. The van der Waals surface area contributed by atoms with E-state index < -0.39 is 5.69 Å². The number of hydrogen-bond acceptors (Lipinski definition) is 4. The molecule has 2 aromatic rings. The maximum atomic E-state index is 12.7. The first kappa shape index (κ1) is 15.4. The highest BCUT2D eigenvalue weighted by Crippen LogP contribution is 2.25. The molecule has 0 spiro atoms. The zero-order valence-electron chi connectivity index (χ0n) is 13.1. The molecule has 0 N–H and O–H groups in total. The van der Waals surface area contributed by atoms with Crippen LogP contribution in [-0.4, -0.2) is 51.9 Å². The molecule has 6 nitrogen and oxygen atoms in total. The van der Waals surface area contributed by atoms with E-state index in [-0.39, 0.29) is 18.5 Å². The summed E-state index contributed by atoms with van der Waals surface area (Å²) in [6, 6.07) is 11.7. The standard InChI is InChI=1S/C17H20N4O2/c1-19-10-11-21(15(12-19)14-6-3-2-4-7-14)16(22)13-20-9-5-8-18-17(20)23/h2-9,15H,10-13H2,1H3/t15-/m1/s1. The maximum absolute atomic E-state index is 12.7. The van der Waals surface area contributed by atoms with Crippen LogP contribution < -0.4 is 5.69 Å². The van der Waals surface area contributed by atoms with E-state index in [1.807, 2.05) is 35.2 Å². The number of nitrogens with zero attached hydrogens (tertiary/aromatic N) is 4. The topological polar surface area (TPSA) is 58.4 Å². The van der Waals surface area contributed by atoms with E-state index in [2.05, 4.69) is 16.9 Å². The van der Waals surface area contributed by atoms with Crippen LogP contribution in [-0.2, 0) is 11.3 Å². The molecule has 6 heteroatoms. The second kappa shape index (κ2) is 6.75. The molecular formula is C17H20N4O2. The van der Waals surface area contributed by atoms with Crippen LogP contribution in [0.4, 0.5) is 0 Å². The Morgan fingerprint density at radius 3 is 2.74 bits per heavy atom. The second-order valence-electron chi connectivity index (χ2n) is 5.81. The Bertz CT molecular complexity index is 729. The molecule has 1 aliphatic heterocycles. The number of hydrogen-bond donors (Lipinski definition) is 0. The summed E-state index contributed by atoms with van der Waals surface area (Å²) >= 11 is 0. The Labute approximate surface area is 135 Å². The lowest BCUT2D eigenvalue weighted by Crippen LogP contribution is -2.50. The number of aromatic nitrogens is 2. The van der Waals surface area contributed by atoms with Crippen molar-refractivity contribution >= 4 is 5.91 Å². The summed E-state index contributed by atoms with van der Waals surface area (Å²) in [5, 5.41) is 0. The molecule has 1 amide bonds. The van der Waals surface area contributed by atoms with Crippen molar-refractivity contribution in [1.82, 2.24) is 19.4 Å². The van der Waals surface area contributed by atoms with Crippen LogP contribution in [0.15, 0.2) is 53.6 Å². The Morgan fingerprint density at radius 1 is 1.22 bits per heavy atom. The van der Waals surface area contributed by atoms with Crippen molar-refractivity contribution in [2.45, 2.75) is 12.6 Å². The molecule has 1 fully saturated rings. The monoisotopic (exact) mass is 312 g/mol. The van der Waals surface area contributed by atoms with Gasteiger partial charge >= 0.3 is 5.69 Å². The fraction of sp³-hybridized carbons (Fsp3) is 0.353. The minimum atomic E-state index is -0.397. The Kier molecular flexibility index (Phi) is 4.52. The van der Waals surface area contributed by atoms with Crippen molar-refractivity contribution in [2.75, 3.05) is 26.7 Å². The molecule has 120 valence electrons. The van der Waals surface area contributed by atoms with Crippen molar-refractivity contribution in [3.05, 3.63) is 64.8 Å². The third kappa shape index (κ3) is 3.48. The Balaban J connectivity index is 1.82. The molecule has 1 saturated heterocycles. The van der Waals surface area contributed by atoms with Gasteiger partial charge in [0.25, 0.3) is 0 Å². The molecule has 1 atom stereocenters. The van der Waals surface area contributed by atoms with Gasteiger partial charge in [0, 0.05) is 32.0 Å². The largest absolute Gasteiger partial charge is 0.347 e. The summed E-state index contributed by atoms with van der Waals surface area (Å²) < 4.78 is 1.35. The minimum absolute atomic E-state index is 0.00910. The number of amides is 1. The lowest BCUT2D eigenvalue weighted by molar-refractivity contribution is -0.136. The molecule has 0 radical (unpaired) electrons. The van der Waals surface area contributed by atoms with Crippen LogP contribution in [0.1, 0.15) is 11.6 Å². The number of likely N-dealkylation sites (N-methyl/N-ethyl adjacent to an activating group) is 1. The molecule has 2 heterocycles. The fourth-order valence-electron chi connectivity index (χ4n) is 2.92. The van der Waals surface area contributed by atoms with Gasteiger partial charge in [-0.05, 0) is 18.7 Å². The van der Waals surface area contributed by atoms with Gasteiger partial charge < -0.3 is 9.80 Å². The molecule has 3 rings (SSSR count). The van der Waals surface area contributed by atoms with E-state index in [1.54, 1.807) is 12.3 Å². The third-order valence-corrected chi connectivity index (χ3v) is 4.18. The van der Waals surface area contributed by atoms with Crippen LogP contribution in [0, 0.1) is 0 Å². The summed E-state index contributed by atoms with van der Waals surface area (Å²) in [6.45, 7) is 2.30. The van der Waals surface area contributed by atoms with Gasteiger partial charge in [0.05, 0.1) is 6.04 Å². The SMILES string of the molecule is CN1CCN(C(=O)Cn2cccnc2=O)[C@@H](c2ccccc2)C1. The van der Waals surface area contributed by atoms with Crippen LogP contribution in [0.5, 0.6) is 0 Å². The van der Waals surface area contributed by atoms with Crippen LogP contribution in [0.3, 0.4) is 0 Å². The highest BCUT2D eigenvalue weighted by molar-refractivity contribution is 5.76. The number of rotatable bonds is 3. The summed E-state index contributed by atoms with van der Waals surface area (Å²) in [4.78, 5) is 32.2. The van der Waals surface area contributed by atoms with Gasteiger partial charge in [-0.25, -0.2) is 9.78 Å². The average molecular weight is 312 g/mol. The van der Waals surface area contributed by atoms with E-state index in [0.29, 0.717) is 6.54 Å². The molecule has 1 aromatic carbocycles. The molecule has 23 heavy (non-hydrogen) atoms. The van der Waals surface area contributed by atoms with Gasteiger partial charge in [-0.1, -0.05) is 30.3 Å². The first-order chi connectivity index (χ1) is 11.1. The van der Waals surface area contributed by atoms with Crippen LogP contribution in [0.25, 0.3) is 0 Å². The molecule has 0 unspecified atom stereocenters. The number of carbonyl (C=O) groups excluding carboxylic acids is 1. The normalized spacial score (nSPS) is 18.8. The molecule has 1 aromatic heterocycles. The smallest absolute Gasteiger partial charge is 0.332 e. The lowest BCUT2D eigenvalue weighted by atomic mass is 10.0. The predicted octanol–water partition coefficient (Wildman–Crippen LogP) is 0.759. The van der Waals surface area contributed by atoms with Gasteiger partial charge in [0.15, 0.2) is 0 Å². The molecule has 1 aliphatic rings. The van der Waals surface area contributed by atoms with Crippen molar-refractivity contribution < 1.29 is 4.79 Å². The number of piperazine rings is 1. The summed E-state index contributed by atoms with van der Waals surface area (Å²) in [5.41, 5.74) is 0.720. The van der Waals surface area contributed by atoms with E-state index in [0.717, 1.165) is 18.7 Å². The van der Waals surface area contributed by atoms with E-state index >= 15 is 0 Å². The minimum Gasteiger partial charge on any atom is -0.332 e. The van der Waals surface area contributed by atoms with Gasteiger partial charge in [-0.15, -0.1) is 0 Å². The Morgan fingerprint density at radius 2 is 2.00 bits per heavy atom. The maximum Gasteiger partial charge on any atom is 0.347 e. The Hall–Kier alpha value is -2.47. The van der Waals surface area contributed by atoms with E-state index in [9.17, 15) is 9.59 Å². The molecular weight excluding hydrogens is 292 g/mol. The first-order valence-corrected chi connectivity index (χ1v) is 7.69. The van der Waals surface area contributed by atoms with E-state index in [1.165, 1.54) is 10.8 Å². The number of benzene rings is 1. The van der Waals surface area contributed by atoms with E-state index in [4.69, 9.17) is 0 Å². The second-order valence-corrected chi connectivity index (χ2v) is 5.81.